The summed E-state index contributed by atoms with van der Waals surface area (Å²) in [6, 6.07) is 10.3. The first kappa shape index (κ1) is 20.6. The average molecular weight is 445 g/mol. The van der Waals surface area contributed by atoms with E-state index in [0.717, 1.165) is 11.8 Å². The molecule has 0 bridgehead atoms. The Morgan fingerprint density at radius 1 is 1.15 bits per heavy atom. The van der Waals surface area contributed by atoms with Crippen LogP contribution in [0.1, 0.15) is 15.9 Å². The third-order valence-electron chi connectivity index (χ3n) is 5.23. The number of carbonyl (C=O) groups excluding carboxylic acids is 1. The molecule has 5 rings (SSSR count). The quantitative estimate of drug-likeness (QED) is 0.469. The van der Waals surface area contributed by atoms with E-state index < -0.39 is 12.0 Å². The molecule has 0 N–H and O–H groups in total. The first-order valence-electron chi connectivity index (χ1n) is 10.3. The summed E-state index contributed by atoms with van der Waals surface area (Å²) >= 11 is 0. The number of aromatic nitrogens is 6. The summed E-state index contributed by atoms with van der Waals surface area (Å²) in [5, 5.41) is 12.9. The van der Waals surface area contributed by atoms with Crippen LogP contribution in [0, 0.1) is 12.7 Å². The maximum Gasteiger partial charge on any atom is 0.259 e. The molecule has 0 fully saturated rings. The van der Waals surface area contributed by atoms with E-state index >= 15 is 0 Å². The molecule has 9 nitrogen and oxygen atoms in total. The number of nitrogens with zero attached hydrogens (tertiary/aromatic N) is 7. The first-order chi connectivity index (χ1) is 16.1. The van der Waals surface area contributed by atoms with Gasteiger partial charge in [0.15, 0.2) is 6.23 Å². The van der Waals surface area contributed by atoms with Crippen LogP contribution in [0.2, 0.25) is 0 Å². The fourth-order valence-corrected chi connectivity index (χ4v) is 3.63. The van der Waals surface area contributed by atoms with Crippen LogP contribution in [-0.4, -0.2) is 53.3 Å². The minimum absolute atomic E-state index is 0.201. The predicted molar refractivity (Wildman–Crippen MR) is 117 cm³/mol. The summed E-state index contributed by atoms with van der Waals surface area (Å²) < 4.78 is 20.6. The van der Waals surface area contributed by atoms with Crippen molar-refractivity contribution in [2.75, 3.05) is 6.54 Å². The Balaban J connectivity index is 1.40. The van der Waals surface area contributed by atoms with Gasteiger partial charge in [0.05, 0.1) is 48.3 Å². The molecule has 33 heavy (non-hydrogen) atoms. The molecule has 1 atom stereocenters. The lowest BCUT2D eigenvalue weighted by molar-refractivity contribution is -0.0174. The molecule has 0 aliphatic carbocycles. The van der Waals surface area contributed by atoms with Crippen LogP contribution in [-0.2, 0) is 11.3 Å². The molecular weight excluding hydrogens is 425 g/mol. The molecular formula is C23H20FN7O2. The van der Waals surface area contributed by atoms with E-state index in [4.69, 9.17) is 4.74 Å². The number of rotatable bonds is 5. The summed E-state index contributed by atoms with van der Waals surface area (Å²) in [7, 11) is 0. The van der Waals surface area contributed by atoms with Crippen LogP contribution in [0.5, 0.6) is 0 Å². The zero-order valence-electron chi connectivity index (χ0n) is 17.7. The highest BCUT2D eigenvalue weighted by atomic mass is 19.1. The molecule has 0 unspecified atom stereocenters. The SMILES string of the molecule is Cc1ccc(-n2nccn2)c(C(=O)N2CC=CO[C@H]2Cn2ccc(-c3ccc(F)cn3)n2)c1. The van der Waals surface area contributed by atoms with Gasteiger partial charge in [0.2, 0.25) is 0 Å². The van der Waals surface area contributed by atoms with Crippen molar-refractivity contribution < 1.29 is 13.9 Å². The fourth-order valence-electron chi connectivity index (χ4n) is 3.63. The second kappa shape index (κ2) is 8.65. The summed E-state index contributed by atoms with van der Waals surface area (Å²) in [6.45, 7) is 2.62. The van der Waals surface area contributed by atoms with Gasteiger partial charge in [-0.15, -0.1) is 0 Å². The van der Waals surface area contributed by atoms with Crippen molar-refractivity contribution in [3.63, 3.8) is 0 Å². The zero-order chi connectivity index (χ0) is 22.8. The van der Waals surface area contributed by atoms with Crippen molar-refractivity contribution in [1.82, 2.24) is 34.7 Å². The zero-order valence-corrected chi connectivity index (χ0v) is 17.7. The van der Waals surface area contributed by atoms with Crippen molar-refractivity contribution in [3.05, 3.63) is 90.5 Å². The normalized spacial score (nSPS) is 15.5. The highest BCUT2D eigenvalue weighted by molar-refractivity contribution is 5.98. The topological polar surface area (TPSA) is 91.0 Å². The number of amides is 1. The van der Waals surface area contributed by atoms with Crippen molar-refractivity contribution in [2.24, 2.45) is 0 Å². The highest BCUT2D eigenvalue weighted by Crippen LogP contribution is 2.22. The maximum atomic E-state index is 13.6. The van der Waals surface area contributed by atoms with Gasteiger partial charge in [0.1, 0.15) is 11.5 Å². The van der Waals surface area contributed by atoms with Crippen molar-refractivity contribution in [3.8, 4) is 17.1 Å². The summed E-state index contributed by atoms with van der Waals surface area (Å²) in [6.07, 6.45) is 8.85. The van der Waals surface area contributed by atoms with Crippen LogP contribution in [0.15, 0.2) is 73.5 Å². The Bertz CT molecular complexity index is 1300. The van der Waals surface area contributed by atoms with Gasteiger partial charge in [-0.2, -0.15) is 20.1 Å². The second-order valence-electron chi connectivity index (χ2n) is 7.54. The van der Waals surface area contributed by atoms with Gasteiger partial charge in [-0.1, -0.05) is 11.6 Å². The van der Waals surface area contributed by atoms with Crippen LogP contribution in [0.25, 0.3) is 17.1 Å². The van der Waals surface area contributed by atoms with E-state index in [1.807, 2.05) is 25.1 Å². The largest absolute Gasteiger partial charge is 0.476 e. The molecule has 0 saturated carbocycles. The third kappa shape index (κ3) is 4.22. The van der Waals surface area contributed by atoms with E-state index in [2.05, 4.69) is 20.3 Å². The number of ether oxygens (including phenoxy) is 1. The third-order valence-corrected chi connectivity index (χ3v) is 5.23. The van der Waals surface area contributed by atoms with Gasteiger partial charge in [0, 0.05) is 12.7 Å². The van der Waals surface area contributed by atoms with Crippen LogP contribution >= 0.6 is 0 Å². The molecule has 1 aliphatic heterocycles. The van der Waals surface area contributed by atoms with Gasteiger partial charge in [-0.25, -0.2) is 4.39 Å². The van der Waals surface area contributed by atoms with Crippen LogP contribution in [0.3, 0.4) is 0 Å². The highest BCUT2D eigenvalue weighted by Gasteiger charge is 2.29. The maximum absolute atomic E-state index is 13.6. The Morgan fingerprint density at radius 2 is 2.00 bits per heavy atom. The molecule has 1 aromatic carbocycles. The van der Waals surface area contributed by atoms with Crippen LogP contribution < -0.4 is 0 Å². The molecule has 1 amide bonds. The number of halogens is 1. The molecule has 3 aromatic heterocycles. The standard InChI is InChI=1S/C23H20FN7O2/c1-16-3-6-21(31-26-8-9-27-31)18(13-16)23(32)30-10-2-12-33-22(30)15-29-11-7-20(28-29)19-5-4-17(24)14-25-19/h2-9,11-14,22H,10,15H2,1H3/t22-/m0/s1. The Hall–Kier alpha value is -4.34. The fraction of sp³-hybridized carbons (Fsp3) is 0.174. The van der Waals surface area contributed by atoms with Crippen LogP contribution in [0.4, 0.5) is 4.39 Å². The molecule has 10 heteroatoms. The van der Waals surface area contributed by atoms with Crippen molar-refractivity contribution in [1.29, 1.82) is 0 Å². The van der Waals surface area contributed by atoms with Gasteiger partial charge in [-0.05, 0) is 43.3 Å². The Labute approximate surface area is 188 Å². The molecule has 0 spiro atoms. The van der Waals surface area contributed by atoms with Gasteiger partial charge in [0.25, 0.3) is 5.91 Å². The van der Waals surface area contributed by atoms with E-state index in [9.17, 15) is 9.18 Å². The number of hydrogen-bond donors (Lipinski definition) is 0. The lowest BCUT2D eigenvalue weighted by Gasteiger charge is -2.33. The van der Waals surface area contributed by atoms with E-state index in [1.54, 1.807) is 52.6 Å². The number of hydrogen-bond acceptors (Lipinski definition) is 6. The molecule has 1 aliphatic rings. The summed E-state index contributed by atoms with van der Waals surface area (Å²) in [5.74, 6) is -0.608. The lowest BCUT2D eigenvalue weighted by Crippen LogP contribution is -2.46. The minimum Gasteiger partial charge on any atom is -0.476 e. The Kier molecular flexibility index (Phi) is 5.39. The Morgan fingerprint density at radius 3 is 2.79 bits per heavy atom. The summed E-state index contributed by atoms with van der Waals surface area (Å²) in [5.41, 5.74) is 3.18. The first-order valence-corrected chi connectivity index (χ1v) is 10.3. The molecule has 0 radical (unpaired) electrons. The van der Waals surface area contributed by atoms with E-state index in [0.29, 0.717) is 35.7 Å². The van der Waals surface area contributed by atoms with E-state index in [1.165, 1.54) is 10.9 Å². The van der Waals surface area contributed by atoms with E-state index in [-0.39, 0.29) is 5.91 Å². The average Bonchev–Trinajstić information content (AvgIpc) is 3.52. The number of carbonyl (C=O) groups is 1. The molecule has 166 valence electrons. The number of aryl methyl sites for hydroxylation is 1. The minimum atomic E-state index is -0.574. The smallest absolute Gasteiger partial charge is 0.259 e. The molecule has 4 heterocycles. The molecule has 4 aromatic rings. The number of benzene rings is 1. The van der Waals surface area contributed by atoms with Crippen molar-refractivity contribution >= 4 is 5.91 Å². The predicted octanol–water partition coefficient (Wildman–Crippen LogP) is 2.99. The molecule has 0 saturated heterocycles. The number of pyridine rings is 1. The lowest BCUT2D eigenvalue weighted by atomic mass is 10.1. The van der Waals surface area contributed by atoms with Gasteiger partial charge in [-0.3, -0.25) is 19.4 Å². The van der Waals surface area contributed by atoms with Crippen molar-refractivity contribution in [2.45, 2.75) is 19.7 Å². The summed E-state index contributed by atoms with van der Waals surface area (Å²) in [4.78, 5) is 20.7. The second-order valence-corrected chi connectivity index (χ2v) is 7.54. The van der Waals surface area contributed by atoms with Gasteiger partial charge < -0.3 is 4.74 Å². The monoisotopic (exact) mass is 445 g/mol. The van der Waals surface area contributed by atoms with Gasteiger partial charge >= 0.3 is 0 Å².